The first-order valence-electron chi connectivity index (χ1n) is 39.6. The third-order valence-corrected chi connectivity index (χ3v) is 22.9. The SMILES string of the molecule is CCONC(=O)[C@@H]1NC(=O)[C@H]2NC(=O)[C@H](NC(=O)[C@@H]3NC(=O)C4(C[C@H]4C(N)=O)NC(=O)[C@H](NC(=O)[C@@H](CC(C)C)NC)[C@H](O)c4ccc(c(Cl)c4)Oc4cc3cc(c4O[C@@H]3O[C@H](CO)[C@@H](O)[C@H](O)[C@H]3O[C@H]3C[C@](C)(NCc4cccc(NC(=O)c5ccc(OC(F)(F)F)cc5)c4)[C@H](O)[C@H](C)O3)Oc3ccc(cc3Cl)[C@H]2O)c2ccc(O)c(c2)-c2c(O)cc(O)cc21. The van der Waals surface area contributed by atoms with E-state index in [1.165, 1.54) is 33.0 Å². The number of hydrogen-bond acceptors (Lipinski definition) is 28. The molecule has 2 saturated heterocycles. The molecule has 7 aromatic rings. The van der Waals surface area contributed by atoms with Gasteiger partial charge in [-0.15, -0.1) is 13.2 Å². The first-order valence-corrected chi connectivity index (χ1v) is 40.3. The molecule has 15 rings (SSSR count). The Morgan fingerprint density at radius 1 is 0.714 bits per heavy atom. The van der Waals surface area contributed by atoms with Crippen molar-refractivity contribution in [2.24, 2.45) is 17.6 Å². The van der Waals surface area contributed by atoms with Gasteiger partial charge >= 0.3 is 6.36 Å². The molecule has 1 spiro atoms. The summed E-state index contributed by atoms with van der Waals surface area (Å²) in [4.78, 5) is 140. The number of likely N-dealkylation sites (N-methyl/N-ethyl adjacent to an activating group) is 1. The number of alkyl halides is 3. The zero-order chi connectivity index (χ0) is 91.0. The normalized spacial score (nSPS) is 27.5. The Bertz CT molecular complexity index is 5370. The summed E-state index contributed by atoms with van der Waals surface area (Å²) in [6, 6.07) is 12.4. The van der Waals surface area contributed by atoms with Crippen LogP contribution in [0.5, 0.6) is 51.7 Å². The average molecular weight is 1800 g/mol. The standard InChI is InChI=1S/C84H90Cl2F3N11O26/c1-7-119-100-79(117)62-46-28-43(102)29-52(104)59(46)45-23-38(13-18-51(45)103)60-75(113)97-63(77(115)95-62)65(105)39-14-19-53(48(85)24-39)121-55-26-41-27-56(122-54-20-15-40(25-49(54)86)66(106)64(96-74(112)50(91-6)21-34(2)3)78(116)99-83(30-47(83)72(90)110)81(118)98-61(41)76(114)94-60)69(55)125-80-70(68(108)67(107)57(33-101)123-80)124-58-31-82(5,71(109)35(4)120-58)92-32-36-9-8-10-42(22-36)93-73(111)37-11-16-44(17-12-37)126-84(87,88)89/h8-20,22-29,34-35,47,50,57-58,60-68,70-71,80,91-92,101-109H,7,21,30-33H2,1-6H3,(H2,90,110)(H,93,111)(H,94,114)(H,95,115)(H,96,112)(H,97,113)(H,98,118)(H,99,116)(H,100,117)/t35-,47-,50+,57+,58-,60+,61+,62+,63-,64+,65+,66+,67+,68-,70+,71+,80-,82-,83?/m0/s1. The van der Waals surface area contributed by atoms with Crippen molar-refractivity contribution in [2.45, 2.75) is 176 Å². The molecule has 7 aromatic carbocycles. The summed E-state index contributed by atoms with van der Waals surface area (Å²) in [5, 5.41) is 130. The van der Waals surface area contributed by atoms with E-state index in [0.29, 0.717) is 5.56 Å². The lowest BCUT2D eigenvalue weighted by Crippen LogP contribution is -2.65. The van der Waals surface area contributed by atoms with Gasteiger partial charge in [0.1, 0.15) is 101 Å². The highest BCUT2D eigenvalue weighted by molar-refractivity contribution is 6.32. The highest BCUT2D eigenvalue weighted by Gasteiger charge is 2.65. The lowest BCUT2D eigenvalue weighted by Gasteiger charge is -2.48. The molecule has 1 saturated carbocycles. The highest BCUT2D eigenvalue weighted by atomic mass is 35.5. The predicted molar refractivity (Wildman–Crippen MR) is 434 cm³/mol. The summed E-state index contributed by atoms with van der Waals surface area (Å²) >= 11 is 14.4. The van der Waals surface area contributed by atoms with Gasteiger partial charge in [0, 0.05) is 46.9 Å². The second kappa shape index (κ2) is 37.4. The van der Waals surface area contributed by atoms with Crippen molar-refractivity contribution in [1.29, 1.82) is 0 Å². The molecule has 37 nitrogen and oxygen atoms in total. The van der Waals surface area contributed by atoms with Gasteiger partial charge < -0.3 is 133 Å². The highest BCUT2D eigenvalue weighted by Crippen LogP contribution is 2.52. The molecule has 21 N–H and O–H groups in total. The van der Waals surface area contributed by atoms with Crippen LogP contribution in [0.2, 0.25) is 10.0 Å². The lowest BCUT2D eigenvalue weighted by atomic mass is 9.84. The number of fused-ring (bicyclic) bond motifs is 13. The molecule has 126 heavy (non-hydrogen) atoms. The first-order chi connectivity index (χ1) is 59.7. The molecular formula is C84H90Cl2F3N11O26. The van der Waals surface area contributed by atoms with Gasteiger partial charge in [-0.3, -0.25) is 48.0 Å². The number of hydrogen-bond donors (Lipinski definition) is 20. The van der Waals surface area contributed by atoms with Crippen LogP contribution in [0.25, 0.3) is 11.1 Å². The summed E-state index contributed by atoms with van der Waals surface area (Å²) < 4.78 is 82.2. The van der Waals surface area contributed by atoms with E-state index in [-0.39, 0.29) is 65.6 Å². The Labute approximate surface area is 724 Å². The zero-order valence-electron chi connectivity index (χ0n) is 67.7. The predicted octanol–water partition coefficient (Wildman–Crippen LogP) is 4.07. The molecule has 0 aromatic heterocycles. The molecule has 9 amide bonds. The Morgan fingerprint density at radius 2 is 1.37 bits per heavy atom. The number of nitrogens with one attached hydrogen (secondary N) is 10. The van der Waals surface area contributed by atoms with E-state index < -0.39 is 266 Å². The number of aromatic hydroxyl groups is 3. The van der Waals surface area contributed by atoms with E-state index in [9.17, 15) is 78.3 Å². The van der Waals surface area contributed by atoms with Crippen LogP contribution in [-0.4, -0.2) is 204 Å². The van der Waals surface area contributed by atoms with E-state index in [1.807, 2.05) is 13.8 Å². The van der Waals surface area contributed by atoms with E-state index in [1.54, 1.807) is 31.2 Å². The lowest BCUT2D eigenvalue weighted by molar-refractivity contribution is -0.334. The minimum absolute atomic E-state index is 0.00894. The van der Waals surface area contributed by atoms with Crippen molar-refractivity contribution in [2.75, 3.05) is 25.6 Å². The van der Waals surface area contributed by atoms with Gasteiger partial charge in [-0.05, 0) is 171 Å². The van der Waals surface area contributed by atoms with E-state index in [0.717, 1.165) is 91.0 Å². The van der Waals surface area contributed by atoms with Crippen LogP contribution in [0.3, 0.4) is 0 Å². The minimum atomic E-state index is -4.97. The van der Waals surface area contributed by atoms with Crippen molar-refractivity contribution in [3.63, 3.8) is 0 Å². The molecule has 0 radical (unpaired) electrons. The Kier molecular flexibility index (Phi) is 27.3. The van der Waals surface area contributed by atoms with Crippen molar-refractivity contribution in [3.8, 4) is 62.9 Å². The first kappa shape index (κ1) is 91.9. The number of halogens is 5. The zero-order valence-corrected chi connectivity index (χ0v) is 69.2. The second-order valence-corrected chi connectivity index (χ2v) is 32.4. The Hall–Kier alpha value is -11.7. The van der Waals surface area contributed by atoms with Crippen LogP contribution in [-0.2, 0) is 63.9 Å². The van der Waals surface area contributed by atoms with E-state index in [2.05, 4.69) is 58.1 Å². The van der Waals surface area contributed by atoms with E-state index in [4.69, 9.17) is 62.2 Å². The van der Waals surface area contributed by atoms with Crippen molar-refractivity contribution in [3.05, 3.63) is 176 Å². The van der Waals surface area contributed by atoms with Gasteiger partial charge in [0.15, 0.2) is 23.9 Å². The van der Waals surface area contributed by atoms with Gasteiger partial charge in [0.25, 0.3) is 11.8 Å². The molecule has 42 heteroatoms. The van der Waals surface area contributed by atoms with Crippen molar-refractivity contribution in [1.82, 2.24) is 48.0 Å². The number of carbonyl (C=O) groups excluding carboxylic acids is 9. The van der Waals surface area contributed by atoms with Gasteiger partial charge in [-0.25, -0.2) is 5.48 Å². The molecule has 7 aliphatic heterocycles. The third-order valence-electron chi connectivity index (χ3n) is 22.3. The van der Waals surface area contributed by atoms with Gasteiger partial charge in [-0.1, -0.05) is 67.4 Å². The van der Waals surface area contributed by atoms with Crippen LogP contribution in [0, 0.1) is 11.8 Å². The molecule has 7 heterocycles. The number of phenols is 3. The average Bonchev–Trinajstić information content (AvgIpc) is 1.57. The molecule has 672 valence electrons. The number of anilines is 1. The number of aliphatic hydroxyl groups is 6. The summed E-state index contributed by atoms with van der Waals surface area (Å²) in [5.74, 6) is -18.3. The molecule has 19 atom stereocenters. The topological polar surface area (TPSA) is 556 Å². The summed E-state index contributed by atoms with van der Waals surface area (Å²) in [6.45, 7) is 6.99. The largest absolute Gasteiger partial charge is 0.573 e. The number of hydroxylamine groups is 1. The summed E-state index contributed by atoms with van der Waals surface area (Å²) in [7, 11) is 1.47. The van der Waals surface area contributed by atoms with Crippen LogP contribution in [0.4, 0.5) is 18.9 Å². The Balaban J connectivity index is 0.959. The molecular weight excluding hydrogens is 1710 g/mol. The number of aliphatic hydroxyl groups excluding tert-OH is 6. The fourth-order valence-corrected chi connectivity index (χ4v) is 16.1. The fourth-order valence-electron chi connectivity index (χ4n) is 15.6. The number of primary amides is 1. The smallest absolute Gasteiger partial charge is 0.508 e. The summed E-state index contributed by atoms with van der Waals surface area (Å²) in [5.41, 5.74) is 2.29. The fraction of sp³-hybridized carbons (Fsp3) is 0.393. The number of ether oxygens (including phenoxy) is 7. The number of amides is 9. The van der Waals surface area contributed by atoms with Crippen LogP contribution in [0.15, 0.2) is 127 Å². The van der Waals surface area contributed by atoms with Crippen LogP contribution >= 0.6 is 23.2 Å². The number of phenolic OH excluding ortho intramolecular Hbond substituents is 3. The molecule has 1 aliphatic carbocycles. The maximum atomic E-state index is 16.4. The van der Waals surface area contributed by atoms with Crippen LogP contribution in [0.1, 0.15) is 128 Å². The molecule has 8 aliphatic rings. The van der Waals surface area contributed by atoms with Gasteiger partial charge in [-0.2, -0.15) is 0 Å². The molecule has 3 fully saturated rings. The Morgan fingerprint density at radius 3 is 1.98 bits per heavy atom. The van der Waals surface area contributed by atoms with E-state index >= 15 is 24.0 Å². The van der Waals surface area contributed by atoms with Crippen LogP contribution < -0.4 is 78.0 Å². The monoisotopic (exact) mass is 1800 g/mol. The second-order valence-electron chi connectivity index (χ2n) is 31.6. The molecule has 1 unspecified atom stereocenters. The van der Waals surface area contributed by atoms with Gasteiger partial charge in [0.2, 0.25) is 53.4 Å². The van der Waals surface area contributed by atoms with Crippen molar-refractivity contribution >= 4 is 82.1 Å². The maximum Gasteiger partial charge on any atom is 0.573 e. The van der Waals surface area contributed by atoms with Gasteiger partial charge in [0.05, 0.1) is 47.4 Å². The minimum Gasteiger partial charge on any atom is -0.508 e. The third kappa shape index (κ3) is 19.7. The quantitative estimate of drug-likeness (QED) is 0.0478. The van der Waals surface area contributed by atoms with Crippen molar-refractivity contribution < 1.29 is 140 Å². The molecule has 11 bridgehead atoms. The number of carbonyl (C=O) groups is 9. The summed E-state index contributed by atoms with van der Waals surface area (Å²) in [6.07, 6.45) is -24.1. The number of rotatable bonds is 20. The maximum absolute atomic E-state index is 16.4. The number of nitrogens with two attached hydrogens (primary N) is 1. The number of benzene rings is 7.